The molecule has 2 aliphatic rings. The summed E-state index contributed by atoms with van der Waals surface area (Å²) in [5, 5.41) is 27.0. The first kappa shape index (κ1) is 21.8. The normalized spacial score (nSPS) is 27.7. The van der Waals surface area contributed by atoms with Gasteiger partial charge in [0.15, 0.2) is 22.1 Å². The van der Waals surface area contributed by atoms with E-state index in [1.54, 1.807) is 17.0 Å². The van der Waals surface area contributed by atoms with Crippen LogP contribution in [0, 0.1) is 28.3 Å². The number of amides is 1. The third kappa shape index (κ3) is 3.37. The molecule has 9 nitrogen and oxygen atoms in total. The van der Waals surface area contributed by atoms with E-state index < -0.39 is 23.7 Å². The predicted molar refractivity (Wildman–Crippen MR) is 120 cm³/mol. The van der Waals surface area contributed by atoms with Crippen molar-refractivity contribution in [3.63, 3.8) is 0 Å². The highest BCUT2D eigenvalue weighted by atomic mass is 32.1. The zero-order chi connectivity index (χ0) is 23.3. The Morgan fingerprint density at radius 1 is 1.36 bits per heavy atom. The number of nitrogens with zero attached hydrogens (tertiary/aromatic N) is 4. The first-order valence-corrected chi connectivity index (χ1v) is 11.6. The van der Waals surface area contributed by atoms with Gasteiger partial charge in [-0.3, -0.25) is 4.79 Å². The van der Waals surface area contributed by atoms with E-state index in [4.69, 9.17) is 0 Å². The van der Waals surface area contributed by atoms with E-state index in [-0.39, 0.29) is 22.8 Å². The van der Waals surface area contributed by atoms with Crippen LogP contribution in [0.15, 0.2) is 18.5 Å². The molecule has 5 atom stereocenters. The van der Waals surface area contributed by atoms with Crippen molar-refractivity contribution in [2.45, 2.75) is 38.0 Å². The number of aliphatic hydroxyl groups is 2. The molecule has 0 bridgehead atoms. The molecule has 2 aliphatic carbocycles. The lowest BCUT2D eigenvalue weighted by Gasteiger charge is -2.23. The van der Waals surface area contributed by atoms with Crippen molar-refractivity contribution in [1.29, 1.82) is 0 Å². The molecule has 5 rings (SSSR count). The SMILES string of the molecule is CCCNc1nc(C#Cc2ccc(F)s2)nc2c1ncn2[C@H]1[C@H](O)[C@H](O)[C@]2(C(=O)NC)C[C@H]12. The lowest BCUT2D eigenvalue weighted by Crippen LogP contribution is -2.41. The molecule has 0 saturated heterocycles. The summed E-state index contributed by atoms with van der Waals surface area (Å²) in [6.45, 7) is 2.69. The smallest absolute Gasteiger partial charge is 0.229 e. The molecule has 3 aromatic rings. The Bertz CT molecular complexity index is 1300. The Hall–Kier alpha value is -3.07. The van der Waals surface area contributed by atoms with Crippen LogP contribution in [0.2, 0.25) is 0 Å². The zero-order valence-electron chi connectivity index (χ0n) is 18.0. The highest BCUT2D eigenvalue weighted by Crippen LogP contribution is 2.67. The summed E-state index contributed by atoms with van der Waals surface area (Å²) in [5.41, 5.74) is -0.0467. The van der Waals surface area contributed by atoms with Gasteiger partial charge >= 0.3 is 0 Å². The average molecular weight is 471 g/mol. The van der Waals surface area contributed by atoms with E-state index in [1.165, 1.54) is 13.1 Å². The predicted octanol–water partition coefficient (Wildman–Crippen LogP) is 1.28. The molecule has 11 heteroatoms. The highest BCUT2D eigenvalue weighted by Gasteiger charge is 2.75. The summed E-state index contributed by atoms with van der Waals surface area (Å²) >= 11 is 0.937. The third-order valence-corrected chi connectivity index (χ3v) is 7.27. The first-order valence-electron chi connectivity index (χ1n) is 10.7. The maximum absolute atomic E-state index is 13.3. The molecule has 0 radical (unpaired) electrons. The van der Waals surface area contributed by atoms with E-state index in [1.807, 2.05) is 6.92 Å². The monoisotopic (exact) mass is 470 g/mol. The summed E-state index contributed by atoms with van der Waals surface area (Å²) in [5.74, 6) is 5.96. The number of hydrogen-bond acceptors (Lipinski definition) is 8. The summed E-state index contributed by atoms with van der Waals surface area (Å²) in [4.78, 5) is 26.5. The molecule has 3 heterocycles. The van der Waals surface area contributed by atoms with Crippen molar-refractivity contribution >= 4 is 34.2 Å². The van der Waals surface area contributed by atoms with E-state index in [0.717, 1.165) is 17.8 Å². The van der Waals surface area contributed by atoms with Gasteiger partial charge < -0.3 is 25.4 Å². The third-order valence-electron chi connectivity index (χ3n) is 6.48. The van der Waals surface area contributed by atoms with Gasteiger partial charge in [0.1, 0.15) is 6.10 Å². The fourth-order valence-corrected chi connectivity index (χ4v) is 5.43. The highest BCUT2D eigenvalue weighted by molar-refractivity contribution is 7.10. The summed E-state index contributed by atoms with van der Waals surface area (Å²) in [6.07, 6.45) is 0.562. The fourth-order valence-electron chi connectivity index (χ4n) is 4.84. The number of anilines is 1. The minimum atomic E-state index is -1.18. The number of aromatic nitrogens is 4. The molecule has 0 aliphatic heterocycles. The van der Waals surface area contributed by atoms with Crippen molar-refractivity contribution < 1.29 is 19.4 Å². The molecule has 2 fully saturated rings. The Labute approximate surface area is 193 Å². The number of carbonyl (C=O) groups is 1. The number of halogens is 1. The molecule has 0 unspecified atom stereocenters. The molecular weight excluding hydrogens is 447 g/mol. The van der Waals surface area contributed by atoms with Crippen molar-refractivity contribution in [3.05, 3.63) is 34.3 Å². The van der Waals surface area contributed by atoms with Gasteiger partial charge in [-0.1, -0.05) is 18.3 Å². The molecule has 33 heavy (non-hydrogen) atoms. The molecule has 172 valence electrons. The van der Waals surface area contributed by atoms with Gasteiger partial charge in [0.25, 0.3) is 0 Å². The molecule has 0 spiro atoms. The molecule has 2 saturated carbocycles. The Balaban J connectivity index is 1.58. The van der Waals surface area contributed by atoms with Crippen LogP contribution in [0.1, 0.15) is 36.5 Å². The topological polar surface area (TPSA) is 125 Å². The molecule has 1 amide bonds. The number of thiophene rings is 1. The summed E-state index contributed by atoms with van der Waals surface area (Å²) in [7, 11) is 1.52. The van der Waals surface area contributed by atoms with Gasteiger partial charge in [-0.15, -0.1) is 0 Å². The van der Waals surface area contributed by atoms with Crippen LogP contribution in [0.25, 0.3) is 11.2 Å². The number of aliphatic hydroxyl groups excluding tert-OH is 2. The molecular formula is C22H23FN6O3S. The second kappa shape index (κ2) is 8.06. The van der Waals surface area contributed by atoms with Gasteiger partial charge in [-0.05, 0) is 36.8 Å². The zero-order valence-corrected chi connectivity index (χ0v) is 18.9. The van der Waals surface area contributed by atoms with E-state index >= 15 is 0 Å². The largest absolute Gasteiger partial charge is 0.389 e. The van der Waals surface area contributed by atoms with Gasteiger partial charge in [-0.25, -0.2) is 15.0 Å². The van der Waals surface area contributed by atoms with Crippen LogP contribution in [-0.4, -0.2) is 61.4 Å². The molecule has 3 aromatic heterocycles. The lowest BCUT2D eigenvalue weighted by atomic mass is 9.98. The number of fused-ring (bicyclic) bond motifs is 2. The average Bonchev–Trinajstić information content (AvgIpc) is 3.06. The van der Waals surface area contributed by atoms with Crippen LogP contribution >= 0.6 is 11.3 Å². The van der Waals surface area contributed by atoms with Gasteiger partial charge in [0.05, 0.1) is 28.8 Å². The fraction of sp³-hybridized carbons (Fsp3) is 0.455. The maximum Gasteiger partial charge on any atom is 0.229 e. The van der Waals surface area contributed by atoms with Crippen molar-refractivity contribution in [1.82, 2.24) is 24.8 Å². The van der Waals surface area contributed by atoms with Crippen molar-refractivity contribution in [2.24, 2.45) is 11.3 Å². The Morgan fingerprint density at radius 3 is 2.88 bits per heavy atom. The quantitative estimate of drug-likeness (QED) is 0.414. The van der Waals surface area contributed by atoms with Crippen LogP contribution < -0.4 is 10.6 Å². The van der Waals surface area contributed by atoms with Gasteiger partial charge in [0, 0.05) is 19.5 Å². The van der Waals surface area contributed by atoms with Crippen LogP contribution in [0.5, 0.6) is 0 Å². The number of nitrogens with one attached hydrogen (secondary N) is 2. The lowest BCUT2D eigenvalue weighted by molar-refractivity contribution is -0.132. The van der Waals surface area contributed by atoms with Crippen LogP contribution in [0.3, 0.4) is 0 Å². The molecule has 4 N–H and O–H groups in total. The number of rotatable bonds is 5. The standard InChI is InChI=1S/C22H23FN6O3S/c1-3-8-25-19-15-20(28-14(27-19)7-5-11-4-6-13(23)33-11)29(10-26-15)16-12-9-22(12,21(32)24-2)18(31)17(16)30/h4,6,10,12,16-18,30-31H,3,8-9H2,1-2H3,(H,24,32)(H,25,27,28)/t12-,16-,17+,18+,22+/m1/s1. The Kier molecular flexibility index (Phi) is 5.31. The number of hydrogen-bond donors (Lipinski definition) is 4. The van der Waals surface area contributed by atoms with Crippen LogP contribution in [-0.2, 0) is 4.79 Å². The summed E-state index contributed by atoms with van der Waals surface area (Å²) < 4.78 is 15.0. The van der Waals surface area contributed by atoms with E-state index in [2.05, 4.69) is 37.4 Å². The minimum absolute atomic E-state index is 0.220. The van der Waals surface area contributed by atoms with Gasteiger partial charge in [0.2, 0.25) is 11.7 Å². The first-order chi connectivity index (χ1) is 15.9. The van der Waals surface area contributed by atoms with Crippen LogP contribution in [0.4, 0.5) is 10.2 Å². The maximum atomic E-state index is 13.3. The van der Waals surface area contributed by atoms with Crippen molar-refractivity contribution in [2.75, 3.05) is 18.9 Å². The number of imidazole rings is 1. The Morgan fingerprint density at radius 2 is 2.18 bits per heavy atom. The van der Waals surface area contributed by atoms with E-state index in [0.29, 0.717) is 34.8 Å². The van der Waals surface area contributed by atoms with Gasteiger partial charge in [-0.2, -0.15) is 4.39 Å². The summed E-state index contributed by atoms with van der Waals surface area (Å²) in [6, 6.07) is 2.38. The van der Waals surface area contributed by atoms with E-state index in [9.17, 15) is 19.4 Å². The second-order valence-corrected chi connectivity index (χ2v) is 9.39. The second-order valence-electron chi connectivity index (χ2n) is 8.36. The number of carbonyl (C=O) groups excluding carboxylic acids is 1. The molecule has 0 aromatic carbocycles. The van der Waals surface area contributed by atoms with Crippen molar-refractivity contribution in [3.8, 4) is 11.8 Å². The minimum Gasteiger partial charge on any atom is -0.389 e.